The molecule has 3 aromatic carbocycles. The van der Waals surface area contributed by atoms with E-state index < -0.39 is 8.32 Å². The number of nitrogens with zero attached hydrogens (tertiary/aromatic N) is 4. The number of aromatic amines is 1. The zero-order valence-corrected chi connectivity index (χ0v) is 27.8. The van der Waals surface area contributed by atoms with Crippen molar-refractivity contribution in [3.63, 3.8) is 0 Å². The van der Waals surface area contributed by atoms with Gasteiger partial charge >= 0.3 is 0 Å². The highest BCUT2D eigenvalue weighted by atomic mass is 35.5. The summed E-state index contributed by atoms with van der Waals surface area (Å²) in [5.74, 6) is -0.283. The lowest BCUT2D eigenvalue weighted by atomic mass is 10.1. The quantitative estimate of drug-likeness (QED) is 0.176. The van der Waals surface area contributed by atoms with Gasteiger partial charge in [0, 0.05) is 17.8 Å². The summed E-state index contributed by atoms with van der Waals surface area (Å²) in [5, 5.41) is 26.7. The third-order valence-corrected chi connectivity index (χ3v) is 13.3. The van der Waals surface area contributed by atoms with E-state index in [1.54, 1.807) is 22.9 Å². The second-order valence-electron chi connectivity index (χ2n) is 12.2. The van der Waals surface area contributed by atoms with Crippen molar-refractivity contribution in [2.24, 2.45) is 0 Å². The van der Waals surface area contributed by atoms with Crippen LogP contribution in [-0.4, -0.2) is 40.2 Å². The number of amides is 1. The standard InChI is InChI=1S/C35H37ClN6O2Si/c1-24(23-42-19-18-31(41-42)26-16-17-27(22-37)30(36)20-26)38-34(43)33-21-32(39-40-33)25(2)44-45(35(3,4)5,28-12-8-6-9-13-28)29-14-10-7-11-15-29/h6-21,24-25H,23H2,1-5H3,(H,38,43)(H,39,40). The van der Waals surface area contributed by atoms with E-state index in [2.05, 4.69) is 96.0 Å². The average Bonchev–Trinajstić information content (AvgIpc) is 3.71. The van der Waals surface area contributed by atoms with Crippen molar-refractivity contribution < 1.29 is 9.22 Å². The van der Waals surface area contributed by atoms with Gasteiger partial charge in [0.25, 0.3) is 14.2 Å². The van der Waals surface area contributed by atoms with E-state index >= 15 is 0 Å². The van der Waals surface area contributed by atoms with E-state index in [1.807, 2.05) is 44.3 Å². The largest absolute Gasteiger partial charge is 0.399 e. The molecule has 2 aromatic heterocycles. The van der Waals surface area contributed by atoms with Crippen molar-refractivity contribution in [3.05, 3.63) is 119 Å². The Morgan fingerprint density at radius 3 is 2.24 bits per heavy atom. The first-order valence-corrected chi connectivity index (χ1v) is 17.2. The van der Waals surface area contributed by atoms with Crippen molar-refractivity contribution in [2.45, 2.75) is 58.3 Å². The van der Waals surface area contributed by atoms with Crippen LogP contribution in [-0.2, 0) is 11.0 Å². The molecule has 2 unspecified atom stereocenters. The molecule has 0 fully saturated rings. The summed E-state index contributed by atoms with van der Waals surface area (Å²) < 4.78 is 8.94. The fourth-order valence-electron chi connectivity index (χ4n) is 5.69. The molecule has 45 heavy (non-hydrogen) atoms. The van der Waals surface area contributed by atoms with Gasteiger partial charge in [0.15, 0.2) is 0 Å². The maximum Gasteiger partial charge on any atom is 0.272 e. The van der Waals surface area contributed by atoms with Gasteiger partial charge in [-0.2, -0.15) is 15.5 Å². The van der Waals surface area contributed by atoms with Crippen LogP contribution in [0.3, 0.4) is 0 Å². The lowest BCUT2D eigenvalue weighted by Gasteiger charge is -2.44. The molecular formula is C35H37ClN6O2Si. The van der Waals surface area contributed by atoms with Crippen LogP contribution < -0.4 is 15.7 Å². The molecule has 230 valence electrons. The molecule has 0 saturated carbocycles. The van der Waals surface area contributed by atoms with E-state index in [1.165, 1.54) is 10.4 Å². The number of aromatic nitrogens is 4. The summed E-state index contributed by atoms with van der Waals surface area (Å²) >= 11 is 6.20. The highest BCUT2D eigenvalue weighted by Crippen LogP contribution is 2.39. The lowest BCUT2D eigenvalue weighted by molar-refractivity contribution is 0.0931. The molecule has 0 bridgehead atoms. The van der Waals surface area contributed by atoms with Gasteiger partial charge in [0.1, 0.15) is 11.8 Å². The number of hydrogen-bond acceptors (Lipinski definition) is 5. The van der Waals surface area contributed by atoms with Crippen LogP contribution in [0.4, 0.5) is 0 Å². The number of nitriles is 1. The fourth-order valence-corrected chi connectivity index (χ4v) is 10.6. The molecule has 0 spiro atoms. The van der Waals surface area contributed by atoms with Gasteiger partial charge in [-0.15, -0.1) is 0 Å². The smallest absolute Gasteiger partial charge is 0.272 e. The summed E-state index contributed by atoms with van der Waals surface area (Å²) in [5.41, 5.74) is 2.99. The lowest BCUT2D eigenvalue weighted by Crippen LogP contribution is -2.66. The van der Waals surface area contributed by atoms with Crippen LogP contribution in [0.1, 0.15) is 62.5 Å². The van der Waals surface area contributed by atoms with Gasteiger partial charge in [-0.1, -0.05) is 99.1 Å². The number of H-pyrrole nitrogens is 1. The zero-order valence-electron chi connectivity index (χ0n) is 26.1. The number of rotatable bonds is 10. The summed E-state index contributed by atoms with van der Waals surface area (Å²) in [6.07, 6.45) is 1.50. The minimum Gasteiger partial charge on any atom is -0.399 e. The van der Waals surface area contributed by atoms with Crippen molar-refractivity contribution in [1.82, 2.24) is 25.3 Å². The maximum absolute atomic E-state index is 13.2. The van der Waals surface area contributed by atoms with E-state index in [-0.39, 0.29) is 23.1 Å². The third kappa shape index (κ3) is 6.78. The summed E-state index contributed by atoms with van der Waals surface area (Å²) in [6, 6.07) is 31.6. The topological polar surface area (TPSA) is 109 Å². The Hall–Kier alpha value is -4.49. The number of halogens is 1. The van der Waals surface area contributed by atoms with Gasteiger partial charge in [0.05, 0.1) is 34.6 Å². The molecule has 5 rings (SSSR count). The van der Waals surface area contributed by atoms with E-state index in [0.29, 0.717) is 22.8 Å². The van der Waals surface area contributed by atoms with E-state index in [4.69, 9.17) is 21.3 Å². The molecule has 0 radical (unpaired) electrons. The Morgan fingerprint density at radius 1 is 1.02 bits per heavy atom. The van der Waals surface area contributed by atoms with Crippen molar-refractivity contribution >= 4 is 36.2 Å². The molecule has 2 heterocycles. The molecule has 10 heteroatoms. The predicted octanol–water partition coefficient (Wildman–Crippen LogP) is 6.25. The molecule has 0 saturated heterocycles. The minimum atomic E-state index is -2.79. The summed E-state index contributed by atoms with van der Waals surface area (Å²) in [7, 11) is -2.79. The second-order valence-corrected chi connectivity index (χ2v) is 16.9. The Morgan fingerprint density at radius 2 is 1.67 bits per heavy atom. The van der Waals surface area contributed by atoms with Crippen LogP contribution in [0, 0.1) is 11.3 Å². The SMILES string of the molecule is CC(Cn1ccc(-c2ccc(C#N)c(Cl)c2)n1)NC(=O)c1cc(C(C)O[Si](c2ccccc2)(c2ccccc2)C(C)(C)C)[nH]n1. The molecule has 2 N–H and O–H groups in total. The molecule has 0 aliphatic carbocycles. The van der Waals surface area contributed by atoms with Gasteiger partial charge < -0.3 is 9.74 Å². The van der Waals surface area contributed by atoms with Crippen molar-refractivity contribution in [3.8, 4) is 17.3 Å². The molecule has 0 aliphatic rings. The zero-order chi connectivity index (χ0) is 32.2. The predicted molar refractivity (Wildman–Crippen MR) is 180 cm³/mol. The van der Waals surface area contributed by atoms with Crippen molar-refractivity contribution in [2.75, 3.05) is 0 Å². The van der Waals surface area contributed by atoms with Crippen LogP contribution in [0.2, 0.25) is 10.1 Å². The number of carbonyl (C=O) groups is 1. The third-order valence-electron chi connectivity index (χ3n) is 7.90. The molecule has 5 aromatic rings. The Balaban J connectivity index is 1.29. The summed E-state index contributed by atoms with van der Waals surface area (Å²) in [4.78, 5) is 13.2. The number of carbonyl (C=O) groups excluding carboxylic acids is 1. The van der Waals surface area contributed by atoms with Crippen LogP contribution in [0.15, 0.2) is 97.2 Å². The van der Waals surface area contributed by atoms with E-state index in [0.717, 1.165) is 17.0 Å². The number of benzene rings is 3. The summed E-state index contributed by atoms with van der Waals surface area (Å²) in [6.45, 7) is 11.1. The first-order valence-electron chi connectivity index (χ1n) is 14.9. The first-order chi connectivity index (χ1) is 21.5. The van der Waals surface area contributed by atoms with Crippen molar-refractivity contribution in [1.29, 1.82) is 5.26 Å². The van der Waals surface area contributed by atoms with Gasteiger partial charge in [0.2, 0.25) is 0 Å². The van der Waals surface area contributed by atoms with Gasteiger partial charge in [-0.05, 0) is 53.5 Å². The maximum atomic E-state index is 13.2. The monoisotopic (exact) mass is 636 g/mol. The fraction of sp³-hybridized carbons (Fsp3) is 0.257. The molecule has 2 atom stereocenters. The average molecular weight is 637 g/mol. The Bertz CT molecular complexity index is 1770. The Labute approximate surface area is 270 Å². The molecule has 1 amide bonds. The molecular weight excluding hydrogens is 600 g/mol. The second kappa shape index (κ2) is 13.2. The van der Waals surface area contributed by atoms with Gasteiger partial charge in [-0.25, -0.2) is 0 Å². The van der Waals surface area contributed by atoms with Crippen LogP contribution >= 0.6 is 11.6 Å². The molecule has 8 nitrogen and oxygen atoms in total. The number of hydrogen-bond donors (Lipinski definition) is 2. The van der Waals surface area contributed by atoms with Gasteiger partial charge in [-0.3, -0.25) is 14.6 Å². The normalized spacial score (nSPS) is 13.2. The van der Waals surface area contributed by atoms with Crippen LogP contribution in [0.25, 0.3) is 11.3 Å². The van der Waals surface area contributed by atoms with Crippen LogP contribution in [0.5, 0.6) is 0 Å². The van der Waals surface area contributed by atoms with E-state index in [9.17, 15) is 4.79 Å². The minimum absolute atomic E-state index is 0.182. The highest BCUT2D eigenvalue weighted by Gasteiger charge is 2.51. The number of nitrogens with one attached hydrogen (secondary N) is 2. The highest BCUT2D eigenvalue weighted by molar-refractivity contribution is 6.99. The molecule has 0 aliphatic heterocycles. The first kappa shape index (κ1) is 31.9. The Kier molecular flexibility index (Phi) is 9.39.